The van der Waals surface area contributed by atoms with Crippen molar-refractivity contribution < 1.29 is 39.5 Å². The second-order valence-corrected chi connectivity index (χ2v) is 3.34. The number of anilines is 1. The molecule has 0 aliphatic heterocycles. The first-order valence-corrected chi connectivity index (χ1v) is 4.92. The molecule has 2 aromatic rings. The van der Waals surface area contributed by atoms with Gasteiger partial charge in [0.2, 0.25) is 0 Å². The van der Waals surface area contributed by atoms with Crippen molar-refractivity contribution >= 4 is 11.6 Å². The fraction of sp³-hybridized carbons (Fsp3) is 0. The van der Waals surface area contributed by atoms with Crippen LogP contribution in [0.15, 0.2) is 54.6 Å². The number of phenolic OH excluding ortho intramolecular Hbond substituents is 1. The molecule has 80 valence electrons. The third kappa shape index (κ3) is 3.60. The topological polar surface area (TPSA) is 49.3 Å². The van der Waals surface area contributed by atoms with Crippen LogP contribution >= 0.6 is 0 Å². The van der Waals surface area contributed by atoms with E-state index in [0.29, 0.717) is 5.69 Å². The smallest absolute Gasteiger partial charge is 0.507 e. The predicted molar refractivity (Wildman–Crippen MR) is 62.5 cm³/mol. The summed E-state index contributed by atoms with van der Waals surface area (Å²) in [6.07, 6.45) is 0. The van der Waals surface area contributed by atoms with Crippen LogP contribution in [0.3, 0.4) is 0 Å². The summed E-state index contributed by atoms with van der Waals surface area (Å²) in [6, 6.07) is 15.6. The molecule has 0 aromatic heterocycles. The van der Waals surface area contributed by atoms with Gasteiger partial charge in [0.15, 0.2) is 0 Å². The molecule has 2 aromatic carbocycles. The minimum atomic E-state index is -0.315. The first kappa shape index (κ1) is 13.8. The number of aromatic hydroxyl groups is 1. The van der Waals surface area contributed by atoms with Crippen molar-refractivity contribution in [1.82, 2.24) is 0 Å². The Morgan fingerprint density at radius 1 is 0.941 bits per heavy atom. The second-order valence-electron chi connectivity index (χ2n) is 3.34. The number of carbonyl (C=O) groups is 1. The summed E-state index contributed by atoms with van der Waals surface area (Å²) in [5.74, 6) is -0.333. The molecule has 0 unspecified atom stereocenters. The fourth-order valence-electron chi connectivity index (χ4n) is 1.39. The Bertz CT molecular complexity index is 500. The maximum atomic E-state index is 11.8. The summed E-state index contributed by atoms with van der Waals surface area (Å²) in [7, 11) is 0. The molecule has 2 rings (SSSR count). The molecule has 3 nitrogen and oxygen atoms in total. The van der Waals surface area contributed by atoms with Gasteiger partial charge in [-0.3, -0.25) is 4.79 Å². The molecule has 17 heavy (non-hydrogen) atoms. The van der Waals surface area contributed by atoms with Gasteiger partial charge in [-0.15, -0.1) is 0 Å². The van der Waals surface area contributed by atoms with Crippen LogP contribution in [0.25, 0.3) is 0 Å². The molecule has 1 amide bonds. The van der Waals surface area contributed by atoms with Crippen LogP contribution in [0.1, 0.15) is 10.4 Å². The van der Waals surface area contributed by atoms with E-state index in [-0.39, 0.29) is 46.8 Å². The third-order valence-electron chi connectivity index (χ3n) is 2.18. The van der Waals surface area contributed by atoms with Gasteiger partial charge in [0.1, 0.15) is 5.75 Å². The number of nitrogens with one attached hydrogen (secondary N) is 1. The largest absolute Gasteiger partial charge is 1.00 e. The van der Waals surface area contributed by atoms with Crippen molar-refractivity contribution in [2.75, 3.05) is 5.32 Å². The Kier molecular flexibility index (Phi) is 5.22. The summed E-state index contributed by atoms with van der Waals surface area (Å²) >= 11 is 0. The van der Waals surface area contributed by atoms with Crippen molar-refractivity contribution in [3.05, 3.63) is 60.2 Å². The molecule has 0 saturated carbocycles. The zero-order valence-corrected chi connectivity index (χ0v) is 11.6. The molecule has 0 aliphatic rings. The van der Waals surface area contributed by atoms with Gasteiger partial charge < -0.3 is 10.4 Å². The van der Waals surface area contributed by atoms with Crippen molar-refractivity contribution in [3.8, 4) is 5.75 Å². The third-order valence-corrected chi connectivity index (χ3v) is 2.18. The van der Waals surface area contributed by atoms with Gasteiger partial charge in [0, 0.05) is 5.69 Å². The number of hydrogen-bond donors (Lipinski definition) is 2. The van der Waals surface area contributed by atoms with E-state index in [0.717, 1.165) is 0 Å². The van der Waals surface area contributed by atoms with Crippen LogP contribution in [-0.2, 0) is 0 Å². The van der Waals surface area contributed by atoms with Crippen LogP contribution in [-0.4, -0.2) is 11.0 Å². The van der Waals surface area contributed by atoms with E-state index < -0.39 is 0 Å². The molecule has 2 N–H and O–H groups in total. The van der Waals surface area contributed by atoms with Gasteiger partial charge in [0.05, 0.1) is 5.56 Å². The molecule has 0 heterocycles. The van der Waals surface area contributed by atoms with Gasteiger partial charge in [-0.25, -0.2) is 0 Å². The number of rotatable bonds is 2. The fourth-order valence-corrected chi connectivity index (χ4v) is 1.39. The first-order valence-electron chi connectivity index (χ1n) is 4.92. The summed E-state index contributed by atoms with van der Waals surface area (Å²) in [5, 5.41) is 12.2. The average molecular weight is 236 g/mol. The average Bonchev–Trinajstić information content (AvgIpc) is 2.31. The van der Waals surface area contributed by atoms with Crippen LogP contribution in [0, 0.1) is 0 Å². The molecule has 4 heteroatoms. The zero-order valence-electron chi connectivity index (χ0n) is 9.55. The van der Waals surface area contributed by atoms with Crippen LogP contribution in [0.4, 0.5) is 5.69 Å². The summed E-state index contributed by atoms with van der Waals surface area (Å²) < 4.78 is 0. The quantitative estimate of drug-likeness (QED) is 0.700. The maximum absolute atomic E-state index is 11.8. The number of para-hydroxylation sites is 2. The van der Waals surface area contributed by atoms with Crippen LogP contribution < -0.4 is 34.9 Å². The number of hydrogen-bond acceptors (Lipinski definition) is 2. The van der Waals surface area contributed by atoms with Crippen molar-refractivity contribution in [2.24, 2.45) is 0 Å². The number of phenols is 1. The Morgan fingerprint density at radius 2 is 1.53 bits per heavy atom. The minimum absolute atomic E-state index is 0. The predicted octanol–water partition coefficient (Wildman–Crippen LogP) is -0.352. The summed E-state index contributed by atoms with van der Waals surface area (Å²) in [5.41, 5.74) is 0.974. The van der Waals surface area contributed by atoms with Crippen LogP contribution in [0.2, 0.25) is 0 Å². The van der Waals surface area contributed by atoms with E-state index in [1.165, 1.54) is 6.07 Å². The van der Waals surface area contributed by atoms with E-state index in [1.807, 2.05) is 18.2 Å². The number of carbonyl (C=O) groups excluding carboxylic acids is 1. The first-order chi connectivity index (χ1) is 7.77. The van der Waals surface area contributed by atoms with Gasteiger partial charge >= 0.3 is 29.6 Å². The van der Waals surface area contributed by atoms with Crippen LogP contribution in [0.5, 0.6) is 5.75 Å². The SMILES string of the molecule is O=C(Nc1ccccc1)c1ccccc1O.[Na+]. The van der Waals surface area contributed by atoms with Gasteiger partial charge in [-0.05, 0) is 24.3 Å². The molecule has 0 radical (unpaired) electrons. The molecule has 0 saturated heterocycles. The Hall–Kier alpha value is -1.29. The minimum Gasteiger partial charge on any atom is -0.507 e. The van der Waals surface area contributed by atoms with E-state index in [4.69, 9.17) is 0 Å². The molecule has 0 bridgehead atoms. The molecular formula is C13H11NNaO2+. The summed E-state index contributed by atoms with van der Waals surface area (Å²) in [6.45, 7) is 0. The van der Waals surface area contributed by atoms with Gasteiger partial charge in [0.25, 0.3) is 5.91 Å². The van der Waals surface area contributed by atoms with E-state index >= 15 is 0 Å². The normalized spacial score (nSPS) is 9.18. The monoisotopic (exact) mass is 236 g/mol. The molecule has 0 atom stereocenters. The Labute approximate surface area is 122 Å². The van der Waals surface area contributed by atoms with Crippen molar-refractivity contribution in [1.29, 1.82) is 0 Å². The van der Waals surface area contributed by atoms with Gasteiger partial charge in [-0.2, -0.15) is 0 Å². The molecular weight excluding hydrogens is 225 g/mol. The maximum Gasteiger partial charge on any atom is 1.00 e. The Morgan fingerprint density at radius 3 is 2.18 bits per heavy atom. The number of amides is 1. The van der Waals surface area contributed by atoms with Gasteiger partial charge in [-0.1, -0.05) is 30.3 Å². The van der Waals surface area contributed by atoms with Crippen molar-refractivity contribution in [3.63, 3.8) is 0 Å². The Balaban J connectivity index is 0.00000144. The van der Waals surface area contributed by atoms with E-state index in [9.17, 15) is 9.90 Å². The van der Waals surface area contributed by atoms with Crippen molar-refractivity contribution in [2.45, 2.75) is 0 Å². The molecule has 0 spiro atoms. The summed E-state index contributed by atoms with van der Waals surface area (Å²) in [4.78, 5) is 11.8. The molecule has 0 aliphatic carbocycles. The molecule has 0 fully saturated rings. The standard InChI is InChI=1S/C13H11NO2.Na/c15-12-9-5-4-8-11(12)13(16)14-10-6-2-1-3-7-10;/h1-9,15H,(H,14,16);/q;+1. The zero-order chi connectivity index (χ0) is 11.4. The van der Waals surface area contributed by atoms with E-state index in [2.05, 4.69) is 5.32 Å². The second kappa shape index (κ2) is 6.45. The number of benzene rings is 2. The van der Waals surface area contributed by atoms with E-state index in [1.54, 1.807) is 30.3 Å².